The van der Waals surface area contributed by atoms with E-state index in [4.69, 9.17) is 9.84 Å². The topological polar surface area (TPSA) is 78.8 Å². The highest BCUT2D eigenvalue weighted by Gasteiger charge is 2.26. The maximum Gasteiger partial charge on any atom is 0.407 e. The molecule has 2 aliphatic rings. The lowest BCUT2D eigenvalue weighted by atomic mass is 9.91. The van der Waals surface area contributed by atoms with E-state index in [0.29, 0.717) is 25.7 Å². The molecule has 1 atom stereocenters. The van der Waals surface area contributed by atoms with E-state index in [0.717, 1.165) is 41.7 Å². The zero-order valence-electron chi connectivity index (χ0n) is 15.7. The first-order valence-electron chi connectivity index (χ1n) is 9.67. The second-order valence-corrected chi connectivity index (χ2v) is 7.57. The molecule has 0 spiro atoms. The Kier molecular flexibility index (Phi) is 5.11. The first-order chi connectivity index (χ1) is 13.1. The number of hydrogen-bond donors (Lipinski definition) is 1. The molecule has 4 rings (SSSR count). The smallest absolute Gasteiger partial charge is 0.407 e. The summed E-state index contributed by atoms with van der Waals surface area (Å²) in [5, 5.41) is 10.2. The molecule has 27 heavy (non-hydrogen) atoms. The van der Waals surface area contributed by atoms with Crippen molar-refractivity contribution >= 4 is 17.0 Å². The number of likely N-dealkylation sites (N-methyl/N-ethyl adjacent to an activating group) is 1. The van der Waals surface area contributed by atoms with E-state index in [9.17, 15) is 4.79 Å². The Morgan fingerprint density at radius 3 is 2.74 bits per heavy atom. The fourth-order valence-electron chi connectivity index (χ4n) is 4.20. The van der Waals surface area contributed by atoms with Crippen molar-refractivity contribution in [2.45, 2.75) is 37.6 Å². The van der Waals surface area contributed by atoms with Gasteiger partial charge < -0.3 is 19.6 Å². The second kappa shape index (κ2) is 7.68. The van der Waals surface area contributed by atoms with Crippen LogP contribution in [-0.4, -0.2) is 70.3 Å². The van der Waals surface area contributed by atoms with Crippen molar-refractivity contribution in [3.05, 3.63) is 30.2 Å². The highest BCUT2D eigenvalue weighted by molar-refractivity contribution is 5.82. The molecule has 2 fully saturated rings. The quantitative estimate of drug-likeness (QED) is 0.891. The predicted octanol–water partition coefficient (Wildman–Crippen LogP) is 2.96. The molecule has 1 unspecified atom stereocenters. The standard InChI is InChI=1S/C20H26N4O3/c1-23-8-2-3-15(23)12-27-16-4-5-17-18(11-16)21-13-22-19(17)14-6-9-24(10-7-14)20(25)26/h4-5,11,13-15H,2-3,6-10,12H2,1H3,(H,25,26). The van der Waals surface area contributed by atoms with Crippen LogP contribution in [0.15, 0.2) is 24.5 Å². The Morgan fingerprint density at radius 1 is 1.22 bits per heavy atom. The Balaban J connectivity index is 1.48. The van der Waals surface area contributed by atoms with Gasteiger partial charge in [0.15, 0.2) is 0 Å². The molecule has 144 valence electrons. The van der Waals surface area contributed by atoms with Crippen molar-refractivity contribution in [1.29, 1.82) is 0 Å². The van der Waals surface area contributed by atoms with Gasteiger partial charge in [-0.05, 0) is 51.4 Å². The monoisotopic (exact) mass is 370 g/mol. The first-order valence-corrected chi connectivity index (χ1v) is 9.67. The molecule has 1 aromatic heterocycles. The Labute approximate surface area is 159 Å². The maximum atomic E-state index is 11.1. The predicted molar refractivity (Wildman–Crippen MR) is 102 cm³/mol. The van der Waals surface area contributed by atoms with Crippen LogP contribution < -0.4 is 4.74 Å². The Hall–Kier alpha value is -2.41. The van der Waals surface area contributed by atoms with Crippen LogP contribution in [0, 0.1) is 0 Å². The van der Waals surface area contributed by atoms with Crippen LogP contribution in [0.25, 0.3) is 10.9 Å². The molecular weight excluding hydrogens is 344 g/mol. The summed E-state index contributed by atoms with van der Waals surface area (Å²) < 4.78 is 6.02. The number of rotatable bonds is 4. The van der Waals surface area contributed by atoms with Gasteiger partial charge in [-0.3, -0.25) is 0 Å². The average Bonchev–Trinajstić information content (AvgIpc) is 3.10. The number of likely N-dealkylation sites (tertiary alicyclic amines) is 2. The highest BCUT2D eigenvalue weighted by atomic mass is 16.5. The largest absolute Gasteiger partial charge is 0.492 e. The minimum Gasteiger partial charge on any atom is -0.492 e. The number of hydrogen-bond acceptors (Lipinski definition) is 5. The summed E-state index contributed by atoms with van der Waals surface area (Å²) in [5.41, 5.74) is 1.91. The summed E-state index contributed by atoms with van der Waals surface area (Å²) in [6.07, 6.45) is 4.78. The zero-order chi connectivity index (χ0) is 18.8. The van der Waals surface area contributed by atoms with E-state index in [2.05, 4.69) is 21.9 Å². The molecule has 2 aliphatic heterocycles. The van der Waals surface area contributed by atoms with Gasteiger partial charge in [0.25, 0.3) is 0 Å². The summed E-state index contributed by atoms with van der Waals surface area (Å²) >= 11 is 0. The van der Waals surface area contributed by atoms with Gasteiger partial charge in [0.05, 0.1) is 11.2 Å². The number of piperidine rings is 1. The zero-order valence-corrected chi connectivity index (χ0v) is 15.7. The fraction of sp³-hybridized carbons (Fsp3) is 0.550. The third kappa shape index (κ3) is 3.83. The van der Waals surface area contributed by atoms with Gasteiger partial charge in [-0.1, -0.05) is 0 Å². The minimum absolute atomic E-state index is 0.269. The van der Waals surface area contributed by atoms with E-state index >= 15 is 0 Å². The number of benzene rings is 1. The molecule has 0 radical (unpaired) electrons. The molecule has 1 amide bonds. The normalized spacial score (nSPS) is 21.7. The third-order valence-corrected chi connectivity index (χ3v) is 5.90. The number of aromatic nitrogens is 2. The number of carboxylic acid groups (broad SMARTS) is 1. The van der Waals surface area contributed by atoms with Crippen molar-refractivity contribution < 1.29 is 14.6 Å². The van der Waals surface area contributed by atoms with Crippen LogP contribution in [0.2, 0.25) is 0 Å². The van der Waals surface area contributed by atoms with E-state index in [1.54, 1.807) is 6.33 Å². The number of fused-ring (bicyclic) bond motifs is 1. The molecule has 2 saturated heterocycles. The lowest BCUT2D eigenvalue weighted by molar-refractivity contribution is 0.132. The van der Waals surface area contributed by atoms with Gasteiger partial charge in [-0.15, -0.1) is 0 Å². The molecule has 1 N–H and O–H groups in total. The summed E-state index contributed by atoms with van der Waals surface area (Å²) in [6, 6.07) is 6.52. The molecule has 0 saturated carbocycles. The van der Waals surface area contributed by atoms with Gasteiger partial charge in [-0.25, -0.2) is 14.8 Å². The van der Waals surface area contributed by atoms with Crippen LogP contribution in [0.1, 0.15) is 37.3 Å². The van der Waals surface area contributed by atoms with Crippen molar-refractivity contribution in [1.82, 2.24) is 19.8 Å². The maximum absolute atomic E-state index is 11.1. The Morgan fingerprint density at radius 2 is 2.04 bits per heavy atom. The molecule has 0 bridgehead atoms. The lowest BCUT2D eigenvalue weighted by Crippen LogP contribution is -2.37. The average molecular weight is 370 g/mol. The molecular formula is C20H26N4O3. The number of amides is 1. The molecule has 2 aromatic rings. The van der Waals surface area contributed by atoms with E-state index in [1.165, 1.54) is 17.7 Å². The van der Waals surface area contributed by atoms with E-state index in [1.807, 2.05) is 18.2 Å². The minimum atomic E-state index is -0.837. The summed E-state index contributed by atoms with van der Waals surface area (Å²) in [7, 11) is 2.15. The van der Waals surface area contributed by atoms with Gasteiger partial charge in [0.2, 0.25) is 0 Å². The van der Waals surface area contributed by atoms with Gasteiger partial charge in [-0.2, -0.15) is 0 Å². The van der Waals surface area contributed by atoms with E-state index in [-0.39, 0.29) is 5.92 Å². The van der Waals surface area contributed by atoms with Crippen molar-refractivity contribution in [3.63, 3.8) is 0 Å². The van der Waals surface area contributed by atoms with Gasteiger partial charge in [0.1, 0.15) is 18.7 Å². The number of carbonyl (C=O) groups is 1. The van der Waals surface area contributed by atoms with E-state index < -0.39 is 6.09 Å². The number of nitrogens with zero attached hydrogens (tertiary/aromatic N) is 4. The van der Waals surface area contributed by atoms with Crippen LogP contribution in [0.3, 0.4) is 0 Å². The molecule has 0 aliphatic carbocycles. The molecule has 7 heteroatoms. The van der Waals surface area contributed by atoms with Gasteiger partial charge >= 0.3 is 6.09 Å². The van der Waals surface area contributed by atoms with Crippen LogP contribution in [0.4, 0.5) is 4.79 Å². The van der Waals surface area contributed by atoms with Crippen molar-refractivity contribution in [2.24, 2.45) is 0 Å². The summed E-state index contributed by atoms with van der Waals surface area (Å²) in [6.45, 7) is 2.96. The third-order valence-electron chi connectivity index (χ3n) is 5.90. The number of ether oxygens (including phenoxy) is 1. The fourth-order valence-corrected chi connectivity index (χ4v) is 4.20. The Bertz CT molecular complexity index is 820. The highest BCUT2D eigenvalue weighted by Crippen LogP contribution is 2.32. The van der Waals surface area contributed by atoms with Crippen molar-refractivity contribution in [2.75, 3.05) is 33.3 Å². The van der Waals surface area contributed by atoms with Crippen molar-refractivity contribution in [3.8, 4) is 5.75 Å². The first kappa shape index (κ1) is 18.0. The van der Waals surface area contributed by atoms with Crippen LogP contribution in [0.5, 0.6) is 5.75 Å². The summed E-state index contributed by atoms with van der Waals surface area (Å²) in [4.78, 5) is 23.9. The lowest BCUT2D eigenvalue weighted by Gasteiger charge is -2.30. The second-order valence-electron chi connectivity index (χ2n) is 7.57. The molecule has 7 nitrogen and oxygen atoms in total. The van der Waals surface area contributed by atoms with Crippen LogP contribution in [-0.2, 0) is 0 Å². The van der Waals surface area contributed by atoms with Gasteiger partial charge in [0, 0.05) is 36.5 Å². The molecule has 1 aromatic carbocycles. The summed E-state index contributed by atoms with van der Waals surface area (Å²) in [5.74, 6) is 1.11. The van der Waals surface area contributed by atoms with Crippen LogP contribution >= 0.6 is 0 Å². The SMILES string of the molecule is CN1CCCC1COc1ccc2c(C3CCN(C(=O)O)CC3)ncnc2c1. The molecule has 3 heterocycles.